The largest absolute Gasteiger partial charge is 0.381 e. The van der Waals surface area contributed by atoms with Gasteiger partial charge in [0.1, 0.15) is 0 Å². The number of halogens is 1. The number of hydrogen-bond donors (Lipinski definition) is 0. The Morgan fingerprint density at radius 1 is 1.25 bits per heavy atom. The maximum absolute atomic E-state index is 5.49. The molecule has 0 aromatic heterocycles. The lowest BCUT2D eigenvalue weighted by molar-refractivity contribution is -0.00960. The van der Waals surface area contributed by atoms with Crippen LogP contribution in [0.3, 0.4) is 0 Å². The van der Waals surface area contributed by atoms with Crippen molar-refractivity contribution in [3.05, 3.63) is 0 Å². The van der Waals surface area contributed by atoms with Crippen LogP contribution in [0.5, 0.6) is 0 Å². The van der Waals surface area contributed by atoms with E-state index in [0.29, 0.717) is 5.88 Å². The highest BCUT2D eigenvalue weighted by molar-refractivity contribution is 6.17. The lowest BCUT2D eigenvalue weighted by Crippen LogP contribution is -2.24. The fourth-order valence-corrected chi connectivity index (χ4v) is 0.788. The summed E-state index contributed by atoms with van der Waals surface area (Å²) in [5.41, 5.74) is -0.0685. The van der Waals surface area contributed by atoms with Crippen LogP contribution in [0.15, 0.2) is 0 Å². The highest BCUT2D eigenvalue weighted by atomic mass is 35.5. The first kappa shape index (κ1) is 12.2. The molecule has 0 fully saturated rings. The van der Waals surface area contributed by atoms with Gasteiger partial charge in [0, 0.05) is 26.2 Å². The first-order chi connectivity index (χ1) is 5.62. The summed E-state index contributed by atoms with van der Waals surface area (Å²) in [6.07, 6.45) is 1.85. The summed E-state index contributed by atoms with van der Waals surface area (Å²) < 4.78 is 10.6. The first-order valence-electron chi connectivity index (χ1n) is 4.31. The molecule has 0 heterocycles. The predicted octanol–water partition coefficient (Wildman–Crippen LogP) is 2.45. The molecule has 0 saturated carbocycles. The van der Waals surface area contributed by atoms with Crippen LogP contribution in [0.1, 0.15) is 26.7 Å². The molecule has 0 radical (unpaired) electrons. The summed E-state index contributed by atoms with van der Waals surface area (Å²) in [5, 5.41) is 0. The topological polar surface area (TPSA) is 18.5 Å². The maximum atomic E-state index is 5.49. The molecule has 0 aromatic carbocycles. The van der Waals surface area contributed by atoms with Gasteiger partial charge >= 0.3 is 0 Å². The Bertz CT molecular complexity index is 105. The molecule has 0 N–H and O–H groups in total. The van der Waals surface area contributed by atoms with Crippen molar-refractivity contribution >= 4 is 11.6 Å². The molecule has 0 unspecified atom stereocenters. The zero-order chi connectivity index (χ0) is 9.45. The van der Waals surface area contributed by atoms with Crippen molar-refractivity contribution in [2.45, 2.75) is 32.3 Å². The van der Waals surface area contributed by atoms with Gasteiger partial charge in [0.2, 0.25) is 0 Å². The Morgan fingerprint density at radius 3 is 2.42 bits per heavy atom. The SMILES string of the molecule is COC(C)(C)CCOCCCCl. The van der Waals surface area contributed by atoms with E-state index in [9.17, 15) is 0 Å². The van der Waals surface area contributed by atoms with E-state index in [1.807, 2.05) is 0 Å². The molecule has 0 spiro atoms. The normalized spacial score (nSPS) is 12.0. The van der Waals surface area contributed by atoms with Crippen LogP contribution >= 0.6 is 11.6 Å². The molecule has 0 saturated heterocycles. The van der Waals surface area contributed by atoms with Gasteiger partial charge in [-0.2, -0.15) is 0 Å². The number of alkyl halides is 1. The van der Waals surface area contributed by atoms with Gasteiger partial charge in [0.15, 0.2) is 0 Å². The Kier molecular flexibility index (Phi) is 6.81. The van der Waals surface area contributed by atoms with Crippen LogP contribution in [0.4, 0.5) is 0 Å². The van der Waals surface area contributed by atoms with E-state index in [2.05, 4.69) is 13.8 Å². The Hall–Kier alpha value is 0.210. The summed E-state index contributed by atoms with van der Waals surface area (Å²) in [6.45, 7) is 5.61. The molecule has 3 heteroatoms. The Morgan fingerprint density at radius 2 is 1.92 bits per heavy atom. The Balaban J connectivity index is 3.19. The van der Waals surface area contributed by atoms with Gasteiger partial charge in [0.25, 0.3) is 0 Å². The van der Waals surface area contributed by atoms with E-state index in [1.165, 1.54) is 0 Å². The fourth-order valence-electron chi connectivity index (χ4n) is 0.679. The van der Waals surface area contributed by atoms with Crippen molar-refractivity contribution in [1.29, 1.82) is 0 Å². The van der Waals surface area contributed by atoms with Crippen LogP contribution < -0.4 is 0 Å². The molecule has 0 rings (SSSR count). The second-order valence-corrected chi connectivity index (χ2v) is 3.75. The van der Waals surface area contributed by atoms with E-state index in [4.69, 9.17) is 21.1 Å². The summed E-state index contributed by atoms with van der Waals surface area (Å²) in [4.78, 5) is 0. The van der Waals surface area contributed by atoms with E-state index in [-0.39, 0.29) is 5.60 Å². The molecule has 0 atom stereocenters. The van der Waals surface area contributed by atoms with Gasteiger partial charge < -0.3 is 9.47 Å². The van der Waals surface area contributed by atoms with Crippen molar-refractivity contribution in [3.8, 4) is 0 Å². The van der Waals surface area contributed by atoms with Crippen LogP contribution in [0.2, 0.25) is 0 Å². The van der Waals surface area contributed by atoms with Crippen molar-refractivity contribution < 1.29 is 9.47 Å². The predicted molar refractivity (Wildman–Crippen MR) is 51.9 cm³/mol. The van der Waals surface area contributed by atoms with Crippen molar-refractivity contribution in [3.63, 3.8) is 0 Å². The van der Waals surface area contributed by atoms with Crippen LogP contribution in [-0.2, 0) is 9.47 Å². The van der Waals surface area contributed by atoms with E-state index in [0.717, 1.165) is 26.1 Å². The lowest BCUT2D eigenvalue weighted by Gasteiger charge is -2.22. The third-order valence-electron chi connectivity index (χ3n) is 1.82. The minimum Gasteiger partial charge on any atom is -0.381 e. The van der Waals surface area contributed by atoms with E-state index < -0.39 is 0 Å². The highest BCUT2D eigenvalue weighted by Gasteiger charge is 2.15. The average molecular weight is 195 g/mol. The highest BCUT2D eigenvalue weighted by Crippen LogP contribution is 2.12. The smallest absolute Gasteiger partial charge is 0.0644 e. The molecule has 0 aromatic rings. The van der Waals surface area contributed by atoms with Crippen molar-refractivity contribution in [2.24, 2.45) is 0 Å². The van der Waals surface area contributed by atoms with Gasteiger partial charge in [0.05, 0.1) is 5.60 Å². The summed E-state index contributed by atoms with van der Waals surface area (Å²) in [6, 6.07) is 0. The molecule has 74 valence electrons. The Labute approximate surface area is 80.2 Å². The van der Waals surface area contributed by atoms with Gasteiger partial charge in [-0.1, -0.05) is 0 Å². The summed E-state index contributed by atoms with van der Waals surface area (Å²) in [5.74, 6) is 0.674. The third-order valence-corrected chi connectivity index (χ3v) is 2.09. The molecule has 0 amide bonds. The molecule has 0 bridgehead atoms. The molecular formula is C9H19ClO2. The van der Waals surface area contributed by atoms with E-state index >= 15 is 0 Å². The second-order valence-electron chi connectivity index (χ2n) is 3.37. The van der Waals surface area contributed by atoms with E-state index in [1.54, 1.807) is 7.11 Å². The van der Waals surface area contributed by atoms with Gasteiger partial charge in [-0.25, -0.2) is 0 Å². The lowest BCUT2D eigenvalue weighted by atomic mass is 10.1. The third kappa shape index (κ3) is 6.89. The maximum Gasteiger partial charge on any atom is 0.0644 e. The first-order valence-corrected chi connectivity index (χ1v) is 4.85. The van der Waals surface area contributed by atoms with Crippen LogP contribution in [-0.4, -0.2) is 31.8 Å². The van der Waals surface area contributed by atoms with Crippen molar-refractivity contribution in [2.75, 3.05) is 26.2 Å². The molecule has 0 aliphatic rings. The molecule has 2 nitrogen and oxygen atoms in total. The molecule has 0 aliphatic carbocycles. The summed E-state index contributed by atoms with van der Waals surface area (Å²) in [7, 11) is 1.72. The second kappa shape index (κ2) is 6.70. The summed E-state index contributed by atoms with van der Waals surface area (Å²) >= 11 is 5.49. The van der Waals surface area contributed by atoms with Gasteiger partial charge in [-0.05, 0) is 26.7 Å². The zero-order valence-electron chi connectivity index (χ0n) is 8.23. The fraction of sp³-hybridized carbons (Fsp3) is 1.00. The monoisotopic (exact) mass is 194 g/mol. The zero-order valence-corrected chi connectivity index (χ0v) is 8.99. The number of hydrogen-bond acceptors (Lipinski definition) is 2. The standard InChI is InChI=1S/C9H19ClO2/c1-9(2,11-3)5-8-12-7-4-6-10/h4-8H2,1-3H3. The number of methoxy groups -OCH3 is 1. The average Bonchev–Trinajstić information content (AvgIpc) is 2.04. The minimum absolute atomic E-state index is 0.0685. The van der Waals surface area contributed by atoms with Crippen molar-refractivity contribution in [1.82, 2.24) is 0 Å². The minimum atomic E-state index is -0.0685. The van der Waals surface area contributed by atoms with Crippen LogP contribution in [0.25, 0.3) is 0 Å². The van der Waals surface area contributed by atoms with Gasteiger partial charge in [-0.15, -0.1) is 11.6 Å². The molecular weight excluding hydrogens is 176 g/mol. The number of ether oxygens (including phenoxy) is 2. The number of rotatable bonds is 7. The van der Waals surface area contributed by atoms with Gasteiger partial charge in [-0.3, -0.25) is 0 Å². The molecule has 0 aliphatic heterocycles. The molecule has 12 heavy (non-hydrogen) atoms. The van der Waals surface area contributed by atoms with Crippen LogP contribution in [0, 0.1) is 0 Å². The quantitative estimate of drug-likeness (QED) is 0.458.